The fourth-order valence-corrected chi connectivity index (χ4v) is 2.25. The van der Waals surface area contributed by atoms with Gasteiger partial charge in [-0.25, -0.2) is 15.0 Å². The zero-order valence-corrected chi connectivity index (χ0v) is 14.5. The van der Waals surface area contributed by atoms with Crippen LogP contribution in [0.25, 0.3) is 0 Å². The molecule has 0 aliphatic heterocycles. The van der Waals surface area contributed by atoms with Crippen molar-refractivity contribution in [1.29, 1.82) is 0 Å². The van der Waals surface area contributed by atoms with Gasteiger partial charge in [0.05, 0.1) is 18.6 Å². The maximum Gasteiger partial charge on any atom is 0.147 e. The fraction of sp³-hybridized carbons (Fsp3) is 0.294. The summed E-state index contributed by atoms with van der Waals surface area (Å²) >= 11 is 0. The molecular formula is C17H21N9. The Morgan fingerprint density at radius 2 is 1.08 bits per heavy atom. The summed E-state index contributed by atoms with van der Waals surface area (Å²) in [5, 5.41) is 0. The summed E-state index contributed by atoms with van der Waals surface area (Å²) < 4.78 is 0. The van der Waals surface area contributed by atoms with Crippen LogP contribution >= 0.6 is 0 Å². The van der Waals surface area contributed by atoms with Crippen molar-refractivity contribution in [1.82, 2.24) is 29.9 Å². The van der Waals surface area contributed by atoms with Crippen molar-refractivity contribution < 1.29 is 0 Å². The zero-order valence-electron chi connectivity index (χ0n) is 14.5. The van der Waals surface area contributed by atoms with Gasteiger partial charge in [0, 0.05) is 62.2 Å². The van der Waals surface area contributed by atoms with Gasteiger partial charge < -0.3 is 15.0 Å². The number of aliphatic imine (C=N–C) groups is 3. The van der Waals surface area contributed by atoms with Crippen molar-refractivity contribution in [2.45, 2.75) is 6.92 Å². The summed E-state index contributed by atoms with van der Waals surface area (Å²) in [7, 11) is 0. The summed E-state index contributed by atoms with van der Waals surface area (Å²) in [4.78, 5) is 34.9. The summed E-state index contributed by atoms with van der Waals surface area (Å²) in [5.41, 5.74) is -0.241. The van der Waals surface area contributed by atoms with Gasteiger partial charge in [-0.3, -0.25) is 15.0 Å². The van der Waals surface area contributed by atoms with Gasteiger partial charge in [-0.1, -0.05) is 6.92 Å². The average molecular weight is 351 g/mol. The Labute approximate surface area is 150 Å². The molecule has 0 fully saturated rings. The molecule has 3 heterocycles. The van der Waals surface area contributed by atoms with Crippen molar-refractivity contribution in [2.24, 2.45) is 20.4 Å². The molecule has 0 aliphatic rings. The predicted molar refractivity (Wildman–Crippen MR) is 101 cm³/mol. The van der Waals surface area contributed by atoms with E-state index in [1.165, 1.54) is 0 Å². The molecule has 26 heavy (non-hydrogen) atoms. The quantitative estimate of drug-likeness (QED) is 0.506. The first-order chi connectivity index (χ1) is 12.7. The van der Waals surface area contributed by atoms with Crippen LogP contribution in [0, 0.1) is 5.41 Å². The lowest BCUT2D eigenvalue weighted by atomic mass is 9.91. The van der Waals surface area contributed by atoms with Crippen LogP contribution in [0.2, 0.25) is 0 Å². The number of aromatic amines is 3. The lowest BCUT2D eigenvalue weighted by molar-refractivity contribution is 0.366. The summed E-state index contributed by atoms with van der Waals surface area (Å²) in [6.45, 7) is 3.81. The maximum atomic E-state index is 4.50. The van der Waals surface area contributed by atoms with Crippen LogP contribution < -0.4 is 0 Å². The second-order valence-electron chi connectivity index (χ2n) is 6.14. The van der Waals surface area contributed by atoms with Crippen LogP contribution in [0.4, 0.5) is 0 Å². The first-order valence-electron chi connectivity index (χ1n) is 8.21. The van der Waals surface area contributed by atoms with E-state index in [0.29, 0.717) is 19.6 Å². The molecule has 0 unspecified atom stereocenters. The molecule has 3 aromatic heterocycles. The van der Waals surface area contributed by atoms with Gasteiger partial charge >= 0.3 is 0 Å². The molecule has 0 amide bonds. The highest BCUT2D eigenvalue weighted by Crippen LogP contribution is 2.18. The average Bonchev–Trinajstić information content (AvgIpc) is 3.39. The third-order valence-corrected chi connectivity index (χ3v) is 3.62. The summed E-state index contributed by atoms with van der Waals surface area (Å²) in [6, 6.07) is 0. The molecule has 0 atom stereocenters. The minimum absolute atomic E-state index is 0.241. The first kappa shape index (κ1) is 17.5. The van der Waals surface area contributed by atoms with E-state index in [2.05, 4.69) is 51.8 Å². The number of nitrogens with one attached hydrogen (secondary N) is 3. The Bertz CT molecular complexity index is 714. The third-order valence-electron chi connectivity index (χ3n) is 3.62. The van der Waals surface area contributed by atoms with Crippen molar-refractivity contribution in [2.75, 3.05) is 19.6 Å². The Morgan fingerprint density at radius 3 is 1.35 bits per heavy atom. The Morgan fingerprint density at radius 1 is 0.731 bits per heavy atom. The van der Waals surface area contributed by atoms with Crippen LogP contribution in [0.5, 0.6) is 0 Å². The highest BCUT2D eigenvalue weighted by atomic mass is 14.9. The molecule has 0 saturated heterocycles. The number of rotatable bonds is 9. The highest BCUT2D eigenvalue weighted by Gasteiger charge is 2.23. The normalized spacial score (nSPS) is 14.7. The van der Waals surface area contributed by atoms with Gasteiger partial charge in [0.2, 0.25) is 0 Å². The molecular weight excluding hydrogens is 330 g/mol. The van der Waals surface area contributed by atoms with Gasteiger partial charge in [0.15, 0.2) is 0 Å². The van der Waals surface area contributed by atoms with Crippen molar-refractivity contribution in [3.63, 3.8) is 0 Å². The molecule has 0 saturated carbocycles. The van der Waals surface area contributed by atoms with E-state index in [1.807, 2.05) is 0 Å². The number of hydrogen-bond donors (Lipinski definition) is 3. The topological polar surface area (TPSA) is 123 Å². The zero-order chi connectivity index (χ0) is 18.1. The van der Waals surface area contributed by atoms with E-state index >= 15 is 0 Å². The Hall–Kier alpha value is -3.36. The van der Waals surface area contributed by atoms with Crippen molar-refractivity contribution >= 4 is 18.6 Å². The number of H-pyrrole nitrogens is 3. The molecule has 0 bridgehead atoms. The number of nitrogens with zero attached hydrogens (tertiary/aromatic N) is 6. The second kappa shape index (κ2) is 8.65. The van der Waals surface area contributed by atoms with Gasteiger partial charge in [-0.15, -0.1) is 0 Å². The number of imidazole rings is 3. The number of aromatic nitrogens is 6. The van der Waals surface area contributed by atoms with E-state index in [4.69, 9.17) is 0 Å². The second-order valence-corrected chi connectivity index (χ2v) is 6.14. The van der Waals surface area contributed by atoms with Crippen LogP contribution in [-0.2, 0) is 0 Å². The minimum Gasteiger partial charge on any atom is -0.344 e. The van der Waals surface area contributed by atoms with Crippen molar-refractivity contribution in [3.05, 3.63) is 54.7 Å². The molecule has 0 spiro atoms. The lowest BCUT2D eigenvalue weighted by Gasteiger charge is -2.23. The van der Waals surface area contributed by atoms with Gasteiger partial charge in [0.1, 0.15) is 17.5 Å². The van der Waals surface area contributed by atoms with Crippen LogP contribution in [0.1, 0.15) is 24.4 Å². The molecule has 0 radical (unpaired) electrons. The summed E-state index contributed by atoms with van der Waals surface area (Å²) in [5.74, 6) is 2.18. The molecule has 3 rings (SSSR count). The predicted octanol–water partition coefficient (Wildman–Crippen LogP) is 1.52. The largest absolute Gasteiger partial charge is 0.344 e. The lowest BCUT2D eigenvalue weighted by Crippen LogP contribution is -2.28. The maximum absolute atomic E-state index is 4.50. The fourth-order valence-electron chi connectivity index (χ4n) is 2.25. The van der Waals surface area contributed by atoms with Crippen molar-refractivity contribution in [3.8, 4) is 0 Å². The molecule has 134 valence electrons. The van der Waals surface area contributed by atoms with Crippen LogP contribution in [-0.4, -0.2) is 68.2 Å². The highest BCUT2D eigenvalue weighted by molar-refractivity contribution is 5.75. The van der Waals surface area contributed by atoms with Gasteiger partial charge in [0.25, 0.3) is 0 Å². The van der Waals surface area contributed by atoms with Gasteiger partial charge in [-0.2, -0.15) is 0 Å². The van der Waals surface area contributed by atoms with E-state index in [-0.39, 0.29) is 5.41 Å². The van der Waals surface area contributed by atoms with E-state index in [0.717, 1.165) is 17.5 Å². The van der Waals surface area contributed by atoms with Crippen LogP contribution in [0.3, 0.4) is 0 Å². The number of hydrogen-bond acceptors (Lipinski definition) is 6. The smallest absolute Gasteiger partial charge is 0.147 e. The van der Waals surface area contributed by atoms with E-state index in [1.54, 1.807) is 55.8 Å². The van der Waals surface area contributed by atoms with Gasteiger partial charge in [-0.05, 0) is 0 Å². The molecule has 3 aromatic rings. The molecule has 9 heteroatoms. The van der Waals surface area contributed by atoms with E-state index in [9.17, 15) is 0 Å². The minimum atomic E-state index is -0.241. The monoisotopic (exact) mass is 351 g/mol. The Kier molecular flexibility index (Phi) is 5.81. The standard InChI is InChI=1S/C17H21N9/c1-17(11-18-8-14-21-2-3-22-14,12-19-9-15-23-4-5-24-15)13-20-10-16-25-6-7-26-16/h2-10H,11-13H2,1H3,(H,21,22)(H,23,24)(H,25,26). The SMILES string of the molecule is CC(CN=Cc1ncc[nH]1)(CN=Cc1ncc[nH]1)CN=Cc1ncc[nH]1. The Balaban J connectivity index is 1.64. The first-order valence-corrected chi connectivity index (χ1v) is 8.21. The molecule has 0 aliphatic carbocycles. The molecule has 9 nitrogen and oxygen atoms in total. The molecule has 0 aromatic carbocycles. The molecule has 3 N–H and O–H groups in total. The summed E-state index contributed by atoms with van der Waals surface area (Å²) in [6.07, 6.45) is 15.6. The third kappa shape index (κ3) is 5.33. The van der Waals surface area contributed by atoms with E-state index < -0.39 is 0 Å². The van der Waals surface area contributed by atoms with Crippen LogP contribution in [0.15, 0.2) is 52.2 Å².